The minimum atomic E-state index is -0.929. The first-order valence-electron chi connectivity index (χ1n) is 14.0. The number of esters is 1. The third-order valence-corrected chi connectivity index (χ3v) is 6.77. The summed E-state index contributed by atoms with van der Waals surface area (Å²) in [5.41, 5.74) is 0.650. The predicted octanol–water partition coefficient (Wildman–Crippen LogP) is 4.25. The number of nitrogens with zero attached hydrogens (tertiary/aromatic N) is 2. The monoisotopic (exact) mass is 558 g/mol. The second kappa shape index (κ2) is 12.6. The van der Waals surface area contributed by atoms with E-state index in [4.69, 9.17) is 4.74 Å². The summed E-state index contributed by atoms with van der Waals surface area (Å²) in [6.07, 6.45) is 2.21. The van der Waals surface area contributed by atoms with Gasteiger partial charge in [-0.2, -0.15) is 0 Å². The first-order valence-corrected chi connectivity index (χ1v) is 14.0. The molecule has 0 spiro atoms. The average molecular weight is 559 g/mol. The molecule has 0 radical (unpaired) electrons. The lowest BCUT2D eigenvalue weighted by molar-refractivity contribution is -0.158. The van der Waals surface area contributed by atoms with Crippen molar-refractivity contribution in [2.24, 2.45) is 5.92 Å². The zero-order chi connectivity index (χ0) is 29.7. The molecule has 3 amide bonds. The van der Waals surface area contributed by atoms with Crippen molar-refractivity contribution in [3.63, 3.8) is 0 Å². The van der Waals surface area contributed by atoms with Crippen LogP contribution in [0.25, 0.3) is 10.8 Å². The van der Waals surface area contributed by atoms with E-state index < -0.39 is 35.5 Å². The van der Waals surface area contributed by atoms with Gasteiger partial charge >= 0.3 is 5.97 Å². The average Bonchev–Trinajstić information content (AvgIpc) is 3.15. The number of hydrogen-bond donors (Lipinski definition) is 2. The maximum Gasteiger partial charge on any atom is 0.323 e. The van der Waals surface area contributed by atoms with Crippen molar-refractivity contribution < 1.29 is 23.9 Å². The van der Waals surface area contributed by atoms with Crippen LogP contribution in [-0.2, 0) is 20.9 Å². The van der Waals surface area contributed by atoms with E-state index in [1.807, 2.05) is 50.2 Å². The van der Waals surface area contributed by atoms with Crippen LogP contribution in [-0.4, -0.2) is 57.8 Å². The number of nitrogens with one attached hydrogen (secondary N) is 2. The van der Waals surface area contributed by atoms with Crippen LogP contribution in [0.3, 0.4) is 0 Å². The predicted molar refractivity (Wildman–Crippen MR) is 156 cm³/mol. The highest BCUT2D eigenvalue weighted by Crippen LogP contribution is 2.28. The first-order chi connectivity index (χ1) is 19.4. The van der Waals surface area contributed by atoms with Crippen molar-refractivity contribution in [2.75, 3.05) is 6.54 Å². The Labute approximate surface area is 240 Å². The summed E-state index contributed by atoms with van der Waals surface area (Å²) in [4.78, 5) is 58.5. The number of ether oxygens (including phenoxy) is 1. The van der Waals surface area contributed by atoms with Gasteiger partial charge in [0.05, 0.1) is 29.4 Å². The molecule has 2 atom stereocenters. The topological polar surface area (TPSA) is 118 Å². The van der Waals surface area contributed by atoms with E-state index in [1.54, 1.807) is 45.2 Å². The van der Waals surface area contributed by atoms with Crippen molar-refractivity contribution in [2.45, 2.75) is 71.7 Å². The van der Waals surface area contributed by atoms with Crippen molar-refractivity contribution in [1.82, 2.24) is 20.5 Å². The molecule has 0 saturated carbocycles. The second-order valence-corrected chi connectivity index (χ2v) is 11.8. The molecule has 0 saturated heterocycles. The van der Waals surface area contributed by atoms with Gasteiger partial charge in [0.25, 0.3) is 11.8 Å². The number of fused-ring (bicyclic) bond motifs is 2. The van der Waals surface area contributed by atoms with Gasteiger partial charge in [-0.15, -0.1) is 0 Å². The van der Waals surface area contributed by atoms with Crippen molar-refractivity contribution in [1.29, 1.82) is 0 Å². The number of rotatable bonds is 11. The summed E-state index contributed by atoms with van der Waals surface area (Å²) in [6, 6.07) is 14.9. The third kappa shape index (κ3) is 7.55. The molecule has 2 N–H and O–H groups in total. The smallest absolute Gasteiger partial charge is 0.323 e. The van der Waals surface area contributed by atoms with Gasteiger partial charge in [-0.05, 0) is 74.6 Å². The van der Waals surface area contributed by atoms with Crippen molar-refractivity contribution in [3.05, 3.63) is 77.6 Å². The zero-order valence-corrected chi connectivity index (χ0v) is 24.3. The molecule has 1 aliphatic rings. The summed E-state index contributed by atoms with van der Waals surface area (Å²) < 4.78 is 5.67. The van der Waals surface area contributed by atoms with E-state index in [1.165, 1.54) is 4.90 Å². The Bertz CT molecular complexity index is 1380. The van der Waals surface area contributed by atoms with E-state index in [-0.39, 0.29) is 31.3 Å². The molecule has 4 rings (SSSR count). The lowest BCUT2D eigenvalue weighted by atomic mass is 10.0. The molecule has 2 heterocycles. The van der Waals surface area contributed by atoms with E-state index in [0.29, 0.717) is 23.2 Å². The van der Waals surface area contributed by atoms with Crippen LogP contribution in [0, 0.1) is 5.92 Å². The molecule has 41 heavy (non-hydrogen) atoms. The molecule has 0 fully saturated rings. The Morgan fingerprint density at radius 1 is 0.927 bits per heavy atom. The van der Waals surface area contributed by atoms with Crippen LogP contribution >= 0.6 is 0 Å². The summed E-state index contributed by atoms with van der Waals surface area (Å²) in [5.74, 6) is -1.47. The van der Waals surface area contributed by atoms with E-state index in [2.05, 4.69) is 15.6 Å². The summed E-state index contributed by atoms with van der Waals surface area (Å²) in [5, 5.41) is 7.83. The normalized spacial score (nSPS) is 14.7. The van der Waals surface area contributed by atoms with Gasteiger partial charge in [0.2, 0.25) is 5.91 Å². The Kier molecular flexibility index (Phi) is 9.18. The maximum atomic E-state index is 13.3. The van der Waals surface area contributed by atoms with E-state index in [0.717, 1.165) is 10.8 Å². The lowest BCUT2D eigenvalue weighted by Gasteiger charge is -2.29. The van der Waals surface area contributed by atoms with Gasteiger partial charge in [-0.3, -0.25) is 34.4 Å². The second-order valence-electron chi connectivity index (χ2n) is 11.8. The number of carbonyl (C=O) groups is 4. The van der Waals surface area contributed by atoms with Crippen molar-refractivity contribution in [3.8, 4) is 0 Å². The number of aromatic nitrogens is 1. The molecule has 0 unspecified atom stereocenters. The highest BCUT2D eigenvalue weighted by atomic mass is 16.6. The van der Waals surface area contributed by atoms with E-state index in [9.17, 15) is 19.2 Å². The van der Waals surface area contributed by atoms with Gasteiger partial charge < -0.3 is 10.1 Å². The number of amides is 3. The van der Waals surface area contributed by atoms with Crippen LogP contribution in [0.2, 0.25) is 0 Å². The third-order valence-electron chi connectivity index (χ3n) is 6.77. The maximum absolute atomic E-state index is 13.3. The fourth-order valence-electron chi connectivity index (χ4n) is 4.85. The molecule has 0 bridgehead atoms. The Hall–Kier alpha value is -4.11. The summed E-state index contributed by atoms with van der Waals surface area (Å²) in [7, 11) is 0. The van der Waals surface area contributed by atoms with Gasteiger partial charge in [-0.25, -0.2) is 0 Å². The Morgan fingerprint density at radius 3 is 2.07 bits per heavy atom. The highest BCUT2D eigenvalue weighted by Gasteiger charge is 2.37. The molecule has 9 heteroatoms. The largest absolute Gasteiger partial charge is 0.459 e. The number of benzene rings is 2. The number of imide groups is 1. The fraction of sp³-hybridized carbons (Fsp3) is 0.406. The molecule has 1 aromatic heterocycles. The van der Waals surface area contributed by atoms with Crippen molar-refractivity contribution >= 4 is 34.5 Å². The van der Waals surface area contributed by atoms with Crippen LogP contribution in [0.1, 0.15) is 73.9 Å². The fourth-order valence-corrected chi connectivity index (χ4v) is 4.85. The van der Waals surface area contributed by atoms with Crippen LogP contribution in [0.15, 0.2) is 60.8 Å². The molecule has 1 aliphatic heterocycles. The zero-order valence-electron chi connectivity index (χ0n) is 24.3. The Balaban J connectivity index is 1.51. The molecule has 216 valence electrons. The SMILES string of the molecule is CC(C)C[C@H](N[C@H](CCN1C(=O)c2cc3ccccc3cc2C1=O)C(=O)OC(C)(C)C)C(=O)NCc1ccccn1. The van der Waals surface area contributed by atoms with Gasteiger partial charge in [-0.1, -0.05) is 44.2 Å². The van der Waals surface area contributed by atoms with Crippen LogP contribution < -0.4 is 10.6 Å². The molecule has 2 aromatic carbocycles. The summed E-state index contributed by atoms with van der Waals surface area (Å²) in [6.45, 7) is 9.52. The molecular weight excluding hydrogens is 520 g/mol. The molecule has 3 aromatic rings. The minimum absolute atomic E-state index is 0.0104. The number of hydrogen-bond acceptors (Lipinski definition) is 7. The van der Waals surface area contributed by atoms with Crippen LogP contribution in [0.5, 0.6) is 0 Å². The first kappa shape index (κ1) is 29.9. The van der Waals surface area contributed by atoms with Gasteiger partial charge in [0, 0.05) is 12.7 Å². The highest BCUT2D eigenvalue weighted by molar-refractivity contribution is 6.23. The number of carbonyl (C=O) groups excluding carboxylic acids is 4. The molecule has 0 aliphatic carbocycles. The molecule has 9 nitrogen and oxygen atoms in total. The standard InChI is InChI=1S/C32H38N4O5/c1-20(2)16-27(28(37)34-19-23-12-8-9-14-33-23)35-26(31(40)41-32(3,4)5)13-15-36-29(38)24-17-21-10-6-7-11-22(21)18-25(24)30(36)39/h6-12,14,17-18,20,26-27,35H,13,15-16,19H2,1-5H3,(H,34,37)/t26-,27+/m1/s1. The number of pyridine rings is 1. The van der Waals surface area contributed by atoms with Gasteiger partial charge in [0.1, 0.15) is 11.6 Å². The lowest BCUT2D eigenvalue weighted by Crippen LogP contribution is -2.53. The molecular formula is C32H38N4O5. The quantitative estimate of drug-likeness (QED) is 0.267. The Morgan fingerprint density at radius 2 is 1.54 bits per heavy atom. The minimum Gasteiger partial charge on any atom is -0.459 e. The van der Waals surface area contributed by atoms with Crippen LogP contribution in [0.4, 0.5) is 0 Å². The van der Waals surface area contributed by atoms with E-state index >= 15 is 0 Å². The van der Waals surface area contributed by atoms with Gasteiger partial charge in [0.15, 0.2) is 0 Å². The summed E-state index contributed by atoms with van der Waals surface area (Å²) >= 11 is 0.